The van der Waals surface area contributed by atoms with E-state index in [1.54, 1.807) is 18.2 Å². The lowest BCUT2D eigenvalue weighted by atomic mass is 9.98. The van der Waals surface area contributed by atoms with E-state index in [0.717, 1.165) is 48.3 Å². The Balaban J connectivity index is 2.07. The van der Waals surface area contributed by atoms with E-state index in [2.05, 4.69) is 43.4 Å². The number of halogens is 3. The molecule has 0 bridgehead atoms. The number of ether oxygens (including phenoxy) is 1. The van der Waals surface area contributed by atoms with Crippen molar-refractivity contribution >= 4 is 39.9 Å². The minimum Gasteiger partial charge on any atom is -0.376 e. The van der Waals surface area contributed by atoms with Gasteiger partial charge in [-0.05, 0) is 62.4 Å². The summed E-state index contributed by atoms with van der Waals surface area (Å²) in [5.41, 5.74) is 1.57. The largest absolute Gasteiger partial charge is 0.403 e. The van der Waals surface area contributed by atoms with E-state index in [1.165, 1.54) is 27.4 Å². The molecule has 0 aliphatic carbocycles. The summed E-state index contributed by atoms with van der Waals surface area (Å²) in [6.07, 6.45) is 7.49. The molecule has 4 unspecified atom stereocenters. The van der Waals surface area contributed by atoms with Gasteiger partial charge in [-0.3, -0.25) is 29.0 Å². The van der Waals surface area contributed by atoms with Crippen LogP contribution in [0.4, 0.5) is 18.9 Å². The van der Waals surface area contributed by atoms with Crippen molar-refractivity contribution in [2.24, 2.45) is 26.8 Å². The quantitative estimate of drug-likeness (QED) is 0.127. The normalized spacial score (nSPS) is 18.0. The van der Waals surface area contributed by atoms with Gasteiger partial charge >= 0.3 is 6.18 Å². The molecule has 1 aliphatic rings. The van der Waals surface area contributed by atoms with Crippen molar-refractivity contribution < 1.29 is 31.1 Å². The molecule has 11 nitrogen and oxygen atoms in total. The van der Waals surface area contributed by atoms with Crippen LogP contribution in [0.5, 0.6) is 0 Å². The van der Waals surface area contributed by atoms with Crippen LogP contribution in [0.25, 0.3) is 0 Å². The molecule has 1 aromatic rings. The topological polar surface area (TPSA) is 128 Å². The Bertz CT molecular complexity index is 1440. The molecule has 1 aromatic carbocycles. The third-order valence-electron chi connectivity index (χ3n) is 8.68. The molecule has 2 rings (SSSR count). The van der Waals surface area contributed by atoms with Crippen LogP contribution < -0.4 is 14.9 Å². The first-order chi connectivity index (χ1) is 23.2. The number of nitrogens with zero attached hydrogens (tertiary/aromatic N) is 5. The Kier molecular flexibility index (Phi) is 17.2. The second-order valence-corrected chi connectivity index (χ2v) is 14.0. The van der Waals surface area contributed by atoms with Gasteiger partial charge in [-0.1, -0.05) is 26.0 Å². The molecular formula is C34H52F3N7O4S. The Morgan fingerprint density at radius 2 is 1.96 bits per heavy atom. The van der Waals surface area contributed by atoms with Crippen molar-refractivity contribution in [1.29, 1.82) is 0 Å². The third-order valence-corrected chi connectivity index (χ3v) is 9.87. The highest BCUT2D eigenvalue weighted by Gasteiger charge is 2.42. The number of amidine groups is 1. The first-order valence-electron chi connectivity index (χ1n) is 16.5. The predicted molar refractivity (Wildman–Crippen MR) is 191 cm³/mol. The number of likely N-dealkylation sites (tertiary alicyclic amines) is 1. The molecule has 1 heterocycles. The predicted octanol–water partition coefficient (Wildman–Crippen LogP) is 4.08. The molecule has 15 heteroatoms. The van der Waals surface area contributed by atoms with Crippen LogP contribution in [-0.2, 0) is 32.5 Å². The monoisotopic (exact) mass is 711 g/mol. The van der Waals surface area contributed by atoms with E-state index in [-0.39, 0.29) is 25.0 Å². The van der Waals surface area contributed by atoms with E-state index >= 15 is 0 Å². The molecule has 4 atom stereocenters. The molecule has 1 fully saturated rings. The zero-order valence-electron chi connectivity index (χ0n) is 29.5. The number of nitrogens with one attached hydrogen (secondary N) is 2. The summed E-state index contributed by atoms with van der Waals surface area (Å²) in [5.74, 6) is -0.378. The third kappa shape index (κ3) is 13.4. The number of benzene rings is 1. The molecule has 0 saturated carbocycles. The van der Waals surface area contributed by atoms with Crippen molar-refractivity contribution in [1.82, 2.24) is 15.5 Å². The molecule has 2 N–H and O–H groups in total. The minimum atomic E-state index is -4.72. The maximum atomic E-state index is 14.2. The lowest BCUT2D eigenvalue weighted by molar-refractivity contribution is -0.138. The molecule has 0 radical (unpaired) electrons. The van der Waals surface area contributed by atoms with Crippen LogP contribution in [0.3, 0.4) is 0 Å². The fraction of sp³-hybridized carbons (Fsp3) is 0.647. The van der Waals surface area contributed by atoms with Gasteiger partial charge < -0.3 is 15.4 Å². The maximum Gasteiger partial charge on any atom is 0.403 e. The SMILES string of the molecule is C#CCCc1ccc(CNC(=NC)C(C=NCN=CC(CC(CC)C(=O)NCC2CCCN2CC)OC)C(F)(F)F)c(N(C)S(C)(=O)=O)c1. The van der Waals surface area contributed by atoms with Gasteiger partial charge in [-0.25, -0.2) is 8.42 Å². The Labute approximate surface area is 289 Å². The fourth-order valence-electron chi connectivity index (χ4n) is 5.65. The highest BCUT2D eigenvalue weighted by molar-refractivity contribution is 7.92. The van der Waals surface area contributed by atoms with E-state index in [9.17, 15) is 26.4 Å². The summed E-state index contributed by atoms with van der Waals surface area (Å²) in [6, 6.07) is 5.42. The van der Waals surface area contributed by atoms with Crippen molar-refractivity contribution in [3.63, 3.8) is 0 Å². The van der Waals surface area contributed by atoms with Gasteiger partial charge in [0, 0.05) is 65.1 Å². The van der Waals surface area contributed by atoms with E-state index in [0.29, 0.717) is 49.5 Å². The number of aryl methyl sites for hydroxylation is 1. The molecule has 274 valence electrons. The molecule has 0 spiro atoms. The highest BCUT2D eigenvalue weighted by Crippen LogP contribution is 2.28. The number of alkyl halides is 3. The average molecular weight is 712 g/mol. The van der Waals surface area contributed by atoms with Gasteiger partial charge in [0.1, 0.15) is 18.4 Å². The number of methoxy groups -OCH3 is 1. The highest BCUT2D eigenvalue weighted by atomic mass is 32.2. The first-order valence-corrected chi connectivity index (χ1v) is 18.4. The van der Waals surface area contributed by atoms with Crippen LogP contribution in [0.15, 0.2) is 33.2 Å². The number of carbonyl (C=O) groups is 1. The standard InChI is InChI=1S/C34H52F3N7O4S/c1-8-11-13-25-15-16-27(31(18-25)43(5)49(7,46)47)20-41-32(38-4)30(34(35,36)37)23-40-24-39-22-29(48-6)19-26(9-2)33(45)42-21-28-14-12-17-44(28)10-3/h1,15-16,18,22-23,26,28-30H,9-14,17,19-21,24H2,2-7H3,(H,38,41)(H,42,45). The summed E-state index contributed by atoms with van der Waals surface area (Å²) in [4.78, 5) is 27.1. The van der Waals surface area contributed by atoms with Gasteiger partial charge in [0.15, 0.2) is 0 Å². The summed E-state index contributed by atoms with van der Waals surface area (Å²) in [6.45, 7) is 6.21. The molecule has 1 saturated heterocycles. The average Bonchev–Trinajstić information content (AvgIpc) is 3.53. The Morgan fingerprint density at radius 3 is 2.55 bits per heavy atom. The number of carbonyl (C=O) groups excluding carboxylic acids is 1. The zero-order chi connectivity index (χ0) is 36.6. The number of likely N-dealkylation sites (N-methyl/N-ethyl adjacent to an activating group) is 1. The summed E-state index contributed by atoms with van der Waals surface area (Å²) >= 11 is 0. The Hall–Kier alpha value is -3.48. The van der Waals surface area contributed by atoms with Crippen LogP contribution in [0, 0.1) is 24.2 Å². The van der Waals surface area contributed by atoms with E-state index < -0.39 is 34.1 Å². The number of terminal acetylenes is 1. The van der Waals surface area contributed by atoms with E-state index in [4.69, 9.17) is 11.2 Å². The molecule has 1 aliphatic heterocycles. The number of sulfonamides is 1. The van der Waals surface area contributed by atoms with Gasteiger partial charge in [-0.2, -0.15) is 13.2 Å². The molecular weight excluding hydrogens is 659 g/mol. The number of hydrogen-bond acceptors (Lipinski definition) is 8. The smallest absolute Gasteiger partial charge is 0.376 e. The lowest BCUT2D eigenvalue weighted by Gasteiger charge is -2.24. The Morgan fingerprint density at radius 1 is 1.24 bits per heavy atom. The van der Waals surface area contributed by atoms with Crippen molar-refractivity contribution in [2.45, 2.75) is 77.2 Å². The van der Waals surface area contributed by atoms with Crippen molar-refractivity contribution in [3.8, 4) is 12.3 Å². The molecule has 1 amide bonds. The van der Waals surface area contributed by atoms with E-state index in [1.807, 2.05) is 6.92 Å². The fourth-order valence-corrected chi connectivity index (χ4v) is 6.18. The second kappa shape index (κ2) is 20.3. The second-order valence-electron chi connectivity index (χ2n) is 12.0. The van der Waals surface area contributed by atoms with Crippen LogP contribution in [-0.4, -0.2) is 110 Å². The van der Waals surface area contributed by atoms with Crippen molar-refractivity contribution in [3.05, 3.63) is 29.3 Å². The maximum absolute atomic E-state index is 14.2. The lowest BCUT2D eigenvalue weighted by Crippen LogP contribution is -2.42. The van der Waals surface area contributed by atoms with Crippen LogP contribution in [0.1, 0.15) is 57.1 Å². The van der Waals surface area contributed by atoms with Crippen molar-refractivity contribution in [2.75, 3.05) is 58.1 Å². The van der Waals surface area contributed by atoms with Gasteiger partial charge in [0.05, 0.1) is 18.0 Å². The molecule has 0 aromatic heterocycles. The van der Waals surface area contributed by atoms with Gasteiger partial charge in [0.25, 0.3) is 0 Å². The summed E-state index contributed by atoms with van der Waals surface area (Å²) in [5, 5.41) is 5.80. The zero-order valence-corrected chi connectivity index (χ0v) is 30.3. The summed E-state index contributed by atoms with van der Waals surface area (Å²) < 4.78 is 73.6. The molecule has 49 heavy (non-hydrogen) atoms. The minimum absolute atomic E-state index is 0.0549. The summed E-state index contributed by atoms with van der Waals surface area (Å²) in [7, 11) is 0.441. The number of rotatable bonds is 19. The van der Waals surface area contributed by atoms with Crippen LogP contribution in [0.2, 0.25) is 0 Å². The number of hydrogen-bond donors (Lipinski definition) is 2. The first kappa shape index (κ1) is 41.7. The van der Waals surface area contributed by atoms with Gasteiger partial charge in [0.2, 0.25) is 15.9 Å². The van der Waals surface area contributed by atoms with Gasteiger partial charge in [-0.15, -0.1) is 12.3 Å². The number of aliphatic imine (C=N–C) groups is 3. The number of anilines is 1. The van der Waals surface area contributed by atoms with Crippen LogP contribution >= 0.6 is 0 Å². The number of amides is 1.